The second-order valence-electron chi connectivity index (χ2n) is 10.1. The van der Waals surface area contributed by atoms with E-state index in [9.17, 15) is 0 Å². The van der Waals surface area contributed by atoms with Gasteiger partial charge < -0.3 is 4.43 Å². The minimum Gasteiger partial charge on any atom is -0.543 e. The summed E-state index contributed by atoms with van der Waals surface area (Å²) < 4.78 is 8.98. The molecule has 2 aromatic carbocycles. The second kappa shape index (κ2) is 11.5. The zero-order chi connectivity index (χ0) is 24.7. The molecule has 0 aliphatic carbocycles. The first-order chi connectivity index (χ1) is 16.2. The van der Waals surface area contributed by atoms with Gasteiger partial charge in [-0.25, -0.2) is 4.57 Å². The second-order valence-corrected chi connectivity index (χ2v) is 15.4. The average molecular weight is 471 g/mol. The highest BCUT2D eigenvalue weighted by molar-refractivity contribution is 6.78. The summed E-state index contributed by atoms with van der Waals surface area (Å²) in [6, 6.07) is 21.4. The lowest BCUT2D eigenvalue weighted by molar-refractivity contribution is -0.688. The molecule has 0 radical (unpaired) electrons. The van der Waals surface area contributed by atoms with Gasteiger partial charge in [-0.3, -0.25) is 0 Å². The van der Waals surface area contributed by atoms with Gasteiger partial charge in [0.25, 0.3) is 8.32 Å². The molecular formula is C31H40NOSi+. The van der Waals surface area contributed by atoms with Crippen LogP contribution in [-0.4, -0.2) is 8.32 Å². The topological polar surface area (TPSA) is 13.1 Å². The van der Waals surface area contributed by atoms with Gasteiger partial charge in [0.05, 0.1) is 0 Å². The van der Waals surface area contributed by atoms with E-state index in [0.29, 0.717) is 16.6 Å². The maximum absolute atomic E-state index is 6.79. The van der Waals surface area contributed by atoms with Crippen molar-refractivity contribution in [2.75, 3.05) is 0 Å². The molecule has 0 spiro atoms. The number of benzene rings is 2. The first-order valence-electron chi connectivity index (χ1n) is 12.4. The van der Waals surface area contributed by atoms with E-state index in [4.69, 9.17) is 4.43 Å². The molecule has 0 N–H and O–H groups in total. The molecule has 0 unspecified atom stereocenters. The van der Waals surface area contributed by atoms with Crippen molar-refractivity contribution in [2.24, 2.45) is 0 Å². The van der Waals surface area contributed by atoms with E-state index in [2.05, 4.69) is 138 Å². The summed E-state index contributed by atoms with van der Waals surface area (Å²) >= 11 is 0. The van der Waals surface area contributed by atoms with Crippen LogP contribution in [0.3, 0.4) is 0 Å². The third-order valence-corrected chi connectivity index (χ3v) is 12.9. The van der Waals surface area contributed by atoms with Crippen molar-refractivity contribution in [1.82, 2.24) is 0 Å². The van der Waals surface area contributed by atoms with Crippen LogP contribution in [0.1, 0.15) is 63.8 Å². The molecule has 0 saturated heterocycles. The van der Waals surface area contributed by atoms with Gasteiger partial charge in [0.15, 0.2) is 18.9 Å². The predicted octanol–water partition coefficient (Wildman–Crippen LogP) is 8.39. The maximum Gasteiger partial charge on any atom is 0.258 e. The first-order valence-corrected chi connectivity index (χ1v) is 14.6. The van der Waals surface area contributed by atoms with E-state index in [0.717, 1.165) is 17.9 Å². The molecule has 0 bridgehead atoms. The fourth-order valence-electron chi connectivity index (χ4n) is 5.05. The van der Waals surface area contributed by atoms with Crippen molar-refractivity contribution in [3.63, 3.8) is 0 Å². The highest BCUT2D eigenvalue weighted by Crippen LogP contribution is 2.42. The molecule has 2 nitrogen and oxygen atoms in total. The van der Waals surface area contributed by atoms with Crippen LogP contribution in [0, 0.1) is 0 Å². The molecule has 0 saturated carbocycles. The first kappa shape index (κ1) is 25.7. The van der Waals surface area contributed by atoms with Crippen molar-refractivity contribution in [1.29, 1.82) is 0 Å². The Balaban J connectivity index is 1.65. The van der Waals surface area contributed by atoms with Gasteiger partial charge in [0.2, 0.25) is 0 Å². The number of hydrogen-bond acceptors (Lipinski definition) is 1. The van der Waals surface area contributed by atoms with Gasteiger partial charge in [-0.2, -0.15) is 0 Å². The molecule has 0 aliphatic heterocycles. The summed E-state index contributed by atoms with van der Waals surface area (Å²) in [5.74, 6) is 1.00. The average Bonchev–Trinajstić information content (AvgIpc) is 2.82. The molecule has 0 amide bonds. The third-order valence-electron chi connectivity index (χ3n) is 6.85. The number of hydrogen-bond donors (Lipinski definition) is 0. The lowest BCUT2D eigenvalue weighted by Crippen LogP contribution is -2.50. The Kier molecular flexibility index (Phi) is 8.68. The Morgan fingerprint density at radius 2 is 1.18 bits per heavy atom. The SMILES string of the molecule is C=Cc1ccc(C[n+]2ccc(/C=C/c3ccc(O[Si](C(C)C)(C(C)C)C(C)C)cc3)cc2)cc1. The Labute approximate surface area is 207 Å². The minimum atomic E-state index is -1.92. The zero-order valence-corrected chi connectivity index (χ0v) is 22.7. The molecule has 0 atom stereocenters. The quantitative estimate of drug-likeness (QED) is 0.214. The summed E-state index contributed by atoms with van der Waals surface area (Å²) in [4.78, 5) is 0. The number of aromatic nitrogens is 1. The molecule has 3 rings (SSSR count). The third kappa shape index (κ3) is 6.15. The molecule has 1 aromatic heterocycles. The fourth-order valence-corrected chi connectivity index (χ4v) is 10.3. The maximum atomic E-state index is 6.79. The number of rotatable bonds is 10. The van der Waals surface area contributed by atoms with Crippen LogP contribution in [0.15, 0.2) is 79.6 Å². The molecule has 3 aromatic rings. The lowest BCUT2D eigenvalue weighted by atomic mass is 10.1. The van der Waals surface area contributed by atoms with Gasteiger partial charge in [-0.15, -0.1) is 0 Å². The number of pyridine rings is 1. The normalized spacial score (nSPS) is 12.1. The summed E-state index contributed by atoms with van der Waals surface area (Å²) in [5, 5.41) is 0. The Morgan fingerprint density at radius 1 is 0.706 bits per heavy atom. The van der Waals surface area contributed by atoms with Gasteiger partial charge in [0.1, 0.15) is 5.75 Å². The minimum absolute atomic E-state index is 0.569. The van der Waals surface area contributed by atoms with Crippen LogP contribution in [0.5, 0.6) is 5.75 Å². The van der Waals surface area contributed by atoms with E-state index in [1.807, 2.05) is 6.08 Å². The standard InChI is InChI=1S/C31H40NOSi/c1-8-27-9-13-30(14-10-27)23-32-21-19-29(20-22-32)12-11-28-15-17-31(18-16-28)33-34(24(2)3,25(4)5)26(6)7/h8-22,24-26H,1,23H2,2-7H3/q+1/b12-11+. The molecule has 0 aliphatic rings. The van der Waals surface area contributed by atoms with Crippen LogP contribution in [0.25, 0.3) is 18.2 Å². The Bertz CT molecular complexity index is 1060. The molecular weight excluding hydrogens is 430 g/mol. The summed E-state index contributed by atoms with van der Waals surface area (Å²) in [6.45, 7) is 18.6. The Hall–Kier alpha value is -2.91. The van der Waals surface area contributed by atoms with Crippen molar-refractivity contribution in [3.8, 4) is 5.75 Å². The summed E-state index contributed by atoms with van der Waals surface area (Å²) in [6.07, 6.45) is 10.5. The van der Waals surface area contributed by atoms with Crippen LogP contribution >= 0.6 is 0 Å². The largest absolute Gasteiger partial charge is 0.543 e. The van der Waals surface area contributed by atoms with Crippen molar-refractivity contribution < 1.29 is 8.99 Å². The van der Waals surface area contributed by atoms with Crippen molar-refractivity contribution >= 4 is 26.5 Å². The van der Waals surface area contributed by atoms with Gasteiger partial charge in [-0.05, 0) is 45.4 Å². The van der Waals surface area contributed by atoms with E-state index in [1.165, 1.54) is 16.7 Å². The Morgan fingerprint density at radius 3 is 1.65 bits per heavy atom. The summed E-state index contributed by atoms with van der Waals surface area (Å²) in [7, 11) is -1.92. The van der Waals surface area contributed by atoms with Crippen LogP contribution in [0.2, 0.25) is 16.6 Å². The van der Waals surface area contributed by atoms with E-state index >= 15 is 0 Å². The monoisotopic (exact) mass is 470 g/mol. The fraction of sp³-hybridized carbons (Fsp3) is 0.323. The molecule has 34 heavy (non-hydrogen) atoms. The van der Waals surface area contributed by atoms with Crippen LogP contribution in [0.4, 0.5) is 0 Å². The smallest absolute Gasteiger partial charge is 0.258 e. The highest BCUT2D eigenvalue weighted by atomic mass is 28.4. The van der Waals surface area contributed by atoms with E-state index in [-0.39, 0.29) is 0 Å². The van der Waals surface area contributed by atoms with Crippen LogP contribution in [-0.2, 0) is 6.54 Å². The summed E-state index contributed by atoms with van der Waals surface area (Å²) in [5.41, 5.74) is 6.50. The van der Waals surface area contributed by atoms with E-state index in [1.54, 1.807) is 0 Å². The van der Waals surface area contributed by atoms with Gasteiger partial charge in [-0.1, -0.05) is 103 Å². The molecule has 0 fully saturated rings. The van der Waals surface area contributed by atoms with Crippen molar-refractivity contribution in [2.45, 2.75) is 64.7 Å². The molecule has 178 valence electrons. The van der Waals surface area contributed by atoms with E-state index < -0.39 is 8.32 Å². The van der Waals surface area contributed by atoms with Crippen LogP contribution < -0.4 is 8.99 Å². The molecule has 3 heteroatoms. The van der Waals surface area contributed by atoms with Crippen molar-refractivity contribution in [3.05, 3.63) is 102 Å². The van der Waals surface area contributed by atoms with Gasteiger partial charge >= 0.3 is 0 Å². The number of nitrogens with zero attached hydrogens (tertiary/aromatic N) is 1. The zero-order valence-electron chi connectivity index (χ0n) is 21.7. The van der Waals surface area contributed by atoms with Gasteiger partial charge in [0, 0.05) is 17.7 Å². The predicted molar refractivity (Wildman–Crippen MR) is 149 cm³/mol. The lowest BCUT2D eigenvalue weighted by Gasteiger charge is -2.42. The highest BCUT2D eigenvalue weighted by Gasteiger charge is 2.46. The molecule has 1 heterocycles.